The lowest BCUT2D eigenvalue weighted by Crippen LogP contribution is -2.45. The van der Waals surface area contributed by atoms with E-state index in [0.29, 0.717) is 23.0 Å². The first-order valence-corrected chi connectivity index (χ1v) is 9.77. The summed E-state index contributed by atoms with van der Waals surface area (Å²) in [5.41, 5.74) is 2.45. The van der Waals surface area contributed by atoms with Gasteiger partial charge in [0.2, 0.25) is 5.91 Å². The number of ether oxygens (including phenoxy) is 2. The smallest absolute Gasteiger partial charge is 0.407 e. The van der Waals surface area contributed by atoms with Gasteiger partial charge in [-0.3, -0.25) is 4.79 Å². The minimum absolute atomic E-state index is 0.326. The van der Waals surface area contributed by atoms with Gasteiger partial charge in [-0.05, 0) is 17.7 Å². The molecule has 1 atom stereocenters. The summed E-state index contributed by atoms with van der Waals surface area (Å²) in [7, 11) is 2.85. The number of amides is 2. The molecule has 2 amide bonds. The first-order valence-electron chi connectivity index (χ1n) is 8.89. The molecular formula is C21H21N3O4S. The average molecular weight is 411 g/mol. The highest BCUT2D eigenvalue weighted by Crippen LogP contribution is 2.31. The van der Waals surface area contributed by atoms with E-state index in [9.17, 15) is 9.59 Å². The lowest BCUT2D eigenvalue weighted by atomic mass is 10.1. The van der Waals surface area contributed by atoms with Crippen molar-refractivity contribution in [2.75, 3.05) is 19.5 Å². The number of methoxy groups -OCH3 is 2. The molecule has 0 aliphatic heterocycles. The number of hydrogen-bond donors (Lipinski definition) is 2. The van der Waals surface area contributed by atoms with Crippen molar-refractivity contribution < 1.29 is 19.1 Å². The number of nitrogens with zero attached hydrogens (tertiary/aromatic N) is 1. The molecule has 0 saturated carbocycles. The van der Waals surface area contributed by atoms with Crippen LogP contribution in [0.1, 0.15) is 5.56 Å². The Labute approximate surface area is 172 Å². The van der Waals surface area contributed by atoms with Gasteiger partial charge >= 0.3 is 6.09 Å². The van der Waals surface area contributed by atoms with E-state index in [2.05, 4.69) is 20.4 Å². The highest BCUT2D eigenvalue weighted by atomic mass is 32.1. The molecule has 0 saturated heterocycles. The molecule has 29 heavy (non-hydrogen) atoms. The number of carbonyl (C=O) groups is 2. The van der Waals surface area contributed by atoms with Crippen LogP contribution in [0, 0.1) is 0 Å². The highest BCUT2D eigenvalue weighted by molar-refractivity contribution is 7.14. The zero-order valence-electron chi connectivity index (χ0n) is 16.0. The summed E-state index contributed by atoms with van der Waals surface area (Å²) in [6.45, 7) is 0. The number of benzene rings is 2. The van der Waals surface area contributed by atoms with Gasteiger partial charge in [-0.25, -0.2) is 9.78 Å². The van der Waals surface area contributed by atoms with E-state index in [1.807, 2.05) is 60.0 Å². The summed E-state index contributed by atoms with van der Waals surface area (Å²) >= 11 is 1.30. The molecule has 0 radical (unpaired) electrons. The summed E-state index contributed by atoms with van der Waals surface area (Å²) in [6.07, 6.45) is -0.345. The van der Waals surface area contributed by atoms with Crippen molar-refractivity contribution in [2.24, 2.45) is 0 Å². The number of para-hydroxylation sites is 1. The second kappa shape index (κ2) is 9.70. The first kappa shape index (κ1) is 20.3. The molecule has 3 aromatic rings. The minimum Gasteiger partial charge on any atom is -0.496 e. The molecule has 2 N–H and O–H groups in total. The normalized spacial score (nSPS) is 11.4. The molecule has 0 spiro atoms. The number of carbonyl (C=O) groups excluding carboxylic acids is 2. The van der Waals surface area contributed by atoms with Gasteiger partial charge in [0.15, 0.2) is 5.13 Å². The Morgan fingerprint density at radius 1 is 1.07 bits per heavy atom. The second-order valence-corrected chi connectivity index (χ2v) is 6.96. The predicted molar refractivity (Wildman–Crippen MR) is 112 cm³/mol. The third-order valence-electron chi connectivity index (χ3n) is 4.19. The average Bonchev–Trinajstić information content (AvgIpc) is 3.22. The van der Waals surface area contributed by atoms with Gasteiger partial charge in [0, 0.05) is 17.4 Å². The van der Waals surface area contributed by atoms with Gasteiger partial charge in [-0.1, -0.05) is 42.5 Å². The monoisotopic (exact) mass is 411 g/mol. The number of rotatable bonds is 7. The molecule has 0 bridgehead atoms. The van der Waals surface area contributed by atoms with Crippen LogP contribution in [0.5, 0.6) is 5.75 Å². The van der Waals surface area contributed by atoms with Gasteiger partial charge in [-0.15, -0.1) is 11.3 Å². The van der Waals surface area contributed by atoms with E-state index < -0.39 is 12.1 Å². The maximum atomic E-state index is 12.8. The molecule has 7 nitrogen and oxygen atoms in total. The molecule has 0 aliphatic carbocycles. The van der Waals surface area contributed by atoms with Crippen LogP contribution in [-0.2, 0) is 16.0 Å². The summed E-state index contributed by atoms with van der Waals surface area (Å²) in [5, 5.41) is 7.62. The zero-order chi connectivity index (χ0) is 20.6. The Morgan fingerprint density at radius 3 is 2.52 bits per heavy atom. The Kier molecular flexibility index (Phi) is 6.80. The molecule has 1 aromatic heterocycles. The van der Waals surface area contributed by atoms with E-state index in [4.69, 9.17) is 4.74 Å². The van der Waals surface area contributed by atoms with Crippen molar-refractivity contribution in [3.63, 3.8) is 0 Å². The number of anilines is 1. The molecule has 0 fully saturated rings. The fourth-order valence-electron chi connectivity index (χ4n) is 2.76. The molecule has 8 heteroatoms. The van der Waals surface area contributed by atoms with Crippen molar-refractivity contribution >= 4 is 28.5 Å². The van der Waals surface area contributed by atoms with E-state index in [0.717, 1.165) is 11.1 Å². The summed E-state index contributed by atoms with van der Waals surface area (Å²) < 4.78 is 10.0. The van der Waals surface area contributed by atoms with Crippen LogP contribution in [-0.4, -0.2) is 37.2 Å². The largest absolute Gasteiger partial charge is 0.496 e. The minimum atomic E-state index is -0.802. The van der Waals surface area contributed by atoms with Crippen LogP contribution in [0.2, 0.25) is 0 Å². The fraction of sp³-hybridized carbons (Fsp3) is 0.190. The van der Waals surface area contributed by atoms with Crippen LogP contribution >= 0.6 is 11.3 Å². The van der Waals surface area contributed by atoms with Crippen LogP contribution in [0.25, 0.3) is 11.3 Å². The quantitative estimate of drug-likeness (QED) is 0.618. The third kappa shape index (κ3) is 5.32. The topological polar surface area (TPSA) is 89.5 Å². The van der Waals surface area contributed by atoms with Crippen LogP contribution in [0.15, 0.2) is 60.0 Å². The highest BCUT2D eigenvalue weighted by Gasteiger charge is 2.23. The summed E-state index contributed by atoms with van der Waals surface area (Å²) in [4.78, 5) is 29.0. The molecule has 3 rings (SSSR count). The molecule has 0 aliphatic rings. The van der Waals surface area contributed by atoms with E-state index in [-0.39, 0.29) is 5.91 Å². The fourth-order valence-corrected chi connectivity index (χ4v) is 3.48. The standard InChI is InChI=1S/C21H21N3O4S/c1-27-18-11-7-6-10-15(18)17-13-29-20(22-17)24-19(25)16(23-21(26)28-2)12-14-8-4-3-5-9-14/h3-11,13,16H,12H2,1-2H3,(H,23,26)(H,22,24,25). The van der Waals surface area contributed by atoms with Crippen molar-refractivity contribution in [3.8, 4) is 17.0 Å². The summed E-state index contributed by atoms with van der Waals surface area (Å²) in [5.74, 6) is 0.324. The number of alkyl carbamates (subject to hydrolysis) is 1. The number of hydrogen-bond acceptors (Lipinski definition) is 6. The molecule has 1 unspecified atom stereocenters. The Balaban J connectivity index is 1.75. The first-order chi connectivity index (χ1) is 14.1. The van der Waals surface area contributed by atoms with E-state index >= 15 is 0 Å². The van der Waals surface area contributed by atoms with E-state index in [1.165, 1.54) is 18.4 Å². The van der Waals surface area contributed by atoms with Gasteiger partial charge < -0.3 is 20.1 Å². The molecule has 1 heterocycles. The molecule has 150 valence electrons. The van der Waals surface area contributed by atoms with Crippen molar-refractivity contribution in [1.29, 1.82) is 0 Å². The lowest BCUT2D eigenvalue weighted by Gasteiger charge is -2.17. The predicted octanol–water partition coefficient (Wildman–Crippen LogP) is 3.72. The maximum Gasteiger partial charge on any atom is 0.407 e. The van der Waals surface area contributed by atoms with Crippen LogP contribution in [0.3, 0.4) is 0 Å². The number of nitrogens with one attached hydrogen (secondary N) is 2. The van der Waals surface area contributed by atoms with Gasteiger partial charge in [0.1, 0.15) is 11.8 Å². The number of thiazole rings is 1. The van der Waals surface area contributed by atoms with Crippen molar-refractivity contribution in [3.05, 3.63) is 65.5 Å². The van der Waals surface area contributed by atoms with Gasteiger partial charge in [0.05, 0.1) is 19.9 Å². The second-order valence-electron chi connectivity index (χ2n) is 6.11. The number of aromatic nitrogens is 1. The molecule has 2 aromatic carbocycles. The van der Waals surface area contributed by atoms with Crippen molar-refractivity contribution in [1.82, 2.24) is 10.3 Å². The van der Waals surface area contributed by atoms with Gasteiger partial charge in [0.25, 0.3) is 0 Å². The van der Waals surface area contributed by atoms with Crippen LogP contribution < -0.4 is 15.4 Å². The molecular weight excluding hydrogens is 390 g/mol. The van der Waals surface area contributed by atoms with E-state index in [1.54, 1.807) is 7.11 Å². The van der Waals surface area contributed by atoms with Crippen molar-refractivity contribution in [2.45, 2.75) is 12.5 Å². The SMILES string of the molecule is COC(=O)NC(Cc1ccccc1)C(=O)Nc1nc(-c2ccccc2OC)cs1. The Hall–Kier alpha value is -3.39. The zero-order valence-corrected chi connectivity index (χ0v) is 16.9. The summed E-state index contributed by atoms with van der Waals surface area (Å²) in [6, 6.07) is 16.1. The lowest BCUT2D eigenvalue weighted by molar-refractivity contribution is -0.118. The van der Waals surface area contributed by atoms with Gasteiger partial charge in [-0.2, -0.15) is 0 Å². The Bertz CT molecular complexity index is 975. The maximum absolute atomic E-state index is 12.8. The Morgan fingerprint density at radius 2 is 1.79 bits per heavy atom. The third-order valence-corrected chi connectivity index (χ3v) is 4.95. The van der Waals surface area contributed by atoms with Crippen LogP contribution in [0.4, 0.5) is 9.93 Å².